The first kappa shape index (κ1) is 12.3. The van der Waals surface area contributed by atoms with Crippen LogP contribution in [0.5, 0.6) is 0 Å². The van der Waals surface area contributed by atoms with Gasteiger partial charge in [-0.25, -0.2) is 0 Å². The summed E-state index contributed by atoms with van der Waals surface area (Å²) in [6, 6.07) is 4.06. The number of hydrogen-bond acceptors (Lipinski definition) is 5. The van der Waals surface area contributed by atoms with Gasteiger partial charge in [-0.1, -0.05) is 6.42 Å². The van der Waals surface area contributed by atoms with Crippen LogP contribution in [0.1, 0.15) is 25.0 Å². The quantitative estimate of drug-likeness (QED) is 0.530. The van der Waals surface area contributed by atoms with E-state index in [1.165, 1.54) is 12.8 Å². The molecule has 94 valence electrons. The van der Waals surface area contributed by atoms with E-state index in [0.717, 1.165) is 30.9 Å². The van der Waals surface area contributed by atoms with E-state index in [4.69, 9.17) is 5.84 Å². The number of nitrogens with one attached hydrogen (secondary N) is 1. The molecular formula is C12H20N4O. The number of rotatable bonds is 4. The normalized spacial score (nSPS) is 21.4. The molecule has 0 spiro atoms. The lowest BCUT2D eigenvalue weighted by molar-refractivity contribution is 0.0831. The molecule has 2 heterocycles. The minimum atomic E-state index is 0.231. The fourth-order valence-corrected chi connectivity index (χ4v) is 2.34. The average molecular weight is 236 g/mol. The van der Waals surface area contributed by atoms with Crippen molar-refractivity contribution in [2.45, 2.75) is 31.8 Å². The monoisotopic (exact) mass is 236 g/mol. The molecule has 0 saturated carbocycles. The molecule has 1 unspecified atom stereocenters. The minimum Gasteiger partial charge on any atom is -0.395 e. The summed E-state index contributed by atoms with van der Waals surface area (Å²) in [5.74, 6) is 5.37. The second-order valence-electron chi connectivity index (χ2n) is 4.48. The van der Waals surface area contributed by atoms with E-state index in [2.05, 4.69) is 15.3 Å². The Hall–Kier alpha value is -1.17. The third-order valence-electron chi connectivity index (χ3n) is 3.31. The zero-order valence-electron chi connectivity index (χ0n) is 9.97. The van der Waals surface area contributed by atoms with Gasteiger partial charge < -0.3 is 10.5 Å². The van der Waals surface area contributed by atoms with Crippen LogP contribution in [0.3, 0.4) is 0 Å². The second kappa shape index (κ2) is 5.95. The number of aliphatic hydroxyl groups excluding tert-OH is 1. The molecule has 2 rings (SSSR count). The summed E-state index contributed by atoms with van der Waals surface area (Å²) < 4.78 is 0. The standard InChI is InChI=1S/C12H20N4O/c13-15-10-4-5-14-11(7-10)8-16-6-2-1-3-12(16)9-17/h4-5,7,12,17H,1-3,6,8-9,13H2,(H,14,15). The Morgan fingerprint density at radius 2 is 2.41 bits per heavy atom. The minimum absolute atomic E-state index is 0.231. The van der Waals surface area contributed by atoms with Gasteiger partial charge in [-0.05, 0) is 31.5 Å². The van der Waals surface area contributed by atoms with Crippen molar-refractivity contribution in [1.29, 1.82) is 0 Å². The molecule has 1 saturated heterocycles. The Bertz CT molecular complexity index is 358. The molecule has 1 aromatic rings. The smallest absolute Gasteiger partial charge is 0.0587 e. The van der Waals surface area contributed by atoms with Crippen LogP contribution in [-0.2, 0) is 6.54 Å². The van der Waals surface area contributed by atoms with Crippen molar-refractivity contribution >= 4 is 5.69 Å². The maximum Gasteiger partial charge on any atom is 0.0587 e. The highest BCUT2D eigenvalue weighted by molar-refractivity contribution is 5.41. The fourth-order valence-electron chi connectivity index (χ4n) is 2.34. The Balaban J connectivity index is 2.02. The number of hydrazine groups is 1. The predicted octanol–water partition coefficient (Wildman–Crippen LogP) is 0.714. The van der Waals surface area contributed by atoms with E-state index in [0.29, 0.717) is 0 Å². The summed E-state index contributed by atoms with van der Waals surface area (Å²) in [6.07, 6.45) is 5.23. The van der Waals surface area contributed by atoms with Crippen molar-refractivity contribution in [3.8, 4) is 0 Å². The number of likely N-dealkylation sites (tertiary alicyclic amines) is 1. The third kappa shape index (κ3) is 3.15. The number of piperidine rings is 1. The number of aromatic nitrogens is 1. The molecule has 0 radical (unpaired) electrons. The van der Waals surface area contributed by atoms with E-state index < -0.39 is 0 Å². The number of nitrogen functional groups attached to an aromatic ring is 1. The van der Waals surface area contributed by atoms with Gasteiger partial charge in [0, 0.05) is 18.8 Å². The van der Waals surface area contributed by atoms with Crippen LogP contribution in [0.15, 0.2) is 18.3 Å². The molecule has 0 aliphatic carbocycles. The number of pyridine rings is 1. The van der Waals surface area contributed by atoms with Gasteiger partial charge >= 0.3 is 0 Å². The van der Waals surface area contributed by atoms with Gasteiger partial charge in [-0.3, -0.25) is 15.7 Å². The van der Waals surface area contributed by atoms with Crippen LogP contribution >= 0.6 is 0 Å². The van der Waals surface area contributed by atoms with Crippen molar-refractivity contribution in [3.05, 3.63) is 24.0 Å². The van der Waals surface area contributed by atoms with Crippen LogP contribution in [0.25, 0.3) is 0 Å². The molecule has 17 heavy (non-hydrogen) atoms. The topological polar surface area (TPSA) is 74.4 Å². The number of nitrogens with zero attached hydrogens (tertiary/aromatic N) is 2. The molecule has 5 heteroatoms. The van der Waals surface area contributed by atoms with Crippen molar-refractivity contribution in [2.75, 3.05) is 18.6 Å². The zero-order valence-corrected chi connectivity index (χ0v) is 9.97. The molecule has 1 aliphatic heterocycles. The van der Waals surface area contributed by atoms with Gasteiger partial charge in [0.1, 0.15) is 0 Å². The Kier molecular flexibility index (Phi) is 4.30. The van der Waals surface area contributed by atoms with E-state index in [9.17, 15) is 5.11 Å². The van der Waals surface area contributed by atoms with E-state index in [1.54, 1.807) is 6.20 Å². The summed E-state index contributed by atoms with van der Waals surface area (Å²) in [6.45, 7) is 2.04. The van der Waals surface area contributed by atoms with E-state index in [-0.39, 0.29) is 12.6 Å². The lowest BCUT2D eigenvalue weighted by atomic mass is 10.0. The number of hydrogen-bond donors (Lipinski definition) is 3. The highest BCUT2D eigenvalue weighted by Gasteiger charge is 2.21. The van der Waals surface area contributed by atoms with Gasteiger partial charge in [-0.2, -0.15) is 0 Å². The Labute approximate surface area is 102 Å². The van der Waals surface area contributed by atoms with Gasteiger partial charge in [0.2, 0.25) is 0 Å². The van der Waals surface area contributed by atoms with Crippen LogP contribution in [0.2, 0.25) is 0 Å². The molecular weight excluding hydrogens is 216 g/mol. The Morgan fingerprint density at radius 1 is 1.53 bits per heavy atom. The van der Waals surface area contributed by atoms with Crippen molar-refractivity contribution < 1.29 is 5.11 Å². The average Bonchev–Trinajstić information content (AvgIpc) is 2.39. The van der Waals surface area contributed by atoms with Crippen LogP contribution in [-0.4, -0.2) is 34.2 Å². The summed E-state index contributed by atoms with van der Waals surface area (Å²) in [5.41, 5.74) is 4.48. The zero-order chi connectivity index (χ0) is 12.1. The number of anilines is 1. The highest BCUT2D eigenvalue weighted by Crippen LogP contribution is 2.19. The van der Waals surface area contributed by atoms with Crippen LogP contribution in [0.4, 0.5) is 5.69 Å². The molecule has 0 amide bonds. The molecule has 1 aliphatic rings. The van der Waals surface area contributed by atoms with Crippen LogP contribution in [0, 0.1) is 0 Å². The number of nitrogens with two attached hydrogens (primary N) is 1. The maximum absolute atomic E-state index is 9.35. The molecule has 0 bridgehead atoms. The summed E-state index contributed by atoms with van der Waals surface area (Å²) >= 11 is 0. The van der Waals surface area contributed by atoms with Gasteiger partial charge in [0.15, 0.2) is 0 Å². The van der Waals surface area contributed by atoms with Crippen molar-refractivity contribution in [2.24, 2.45) is 5.84 Å². The summed E-state index contributed by atoms with van der Waals surface area (Å²) in [4.78, 5) is 6.63. The first-order valence-electron chi connectivity index (χ1n) is 6.10. The van der Waals surface area contributed by atoms with Crippen LogP contribution < -0.4 is 11.3 Å². The predicted molar refractivity (Wildman–Crippen MR) is 67.2 cm³/mol. The lowest BCUT2D eigenvalue weighted by Crippen LogP contribution is -2.41. The molecule has 1 atom stereocenters. The van der Waals surface area contributed by atoms with Gasteiger partial charge in [-0.15, -0.1) is 0 Å². The van der Waals surface area contributed by atoms with Crippen molar-refractivity contribution in [3.63, 3.8) is 0 Å². The third-order valence-corrected chi connectivity index (χ3v) is 3.31. The van der Waals surface area contributed by atoms with Gasteiger partial charge in [0.25, 0.3) is 0 Å². The first-order valence-corrected chi connectivity index (χ1v) is 6.10. The molecule has 1 aromatic heterocycles. The van der Waals surface area contributed by atoms with Gasteiger partial charge in [0.05, 0.1) is 18.0 Å². The largest absolute Gasteiger partial charge is 0.395 e. The first-order chi connectivity index (χ1) is 8.33. The summed E-state index contributed by atoms with van der Waals surface area (Å²) in [5, 5.41) is 9.35. The maximum atomic E-state index is 9.35. The summed E-state index contributed by atoms with van der Waals surface area (Å²) in [7, 11) is 0. The highest BCUT2D eigenvalue weighted by atomic mass is 16.3. The second-order valence-corrected chi connectivity index (χ2v) is 4.48. The molecule has 1 fully saturated rings. The molecule has 5 nitrogen and oxygen atoms in total. The molecule has 0 aromatic carbocycles. The van der Waals surface area contributed by atoms with E-state index in [1.807, 2.05) is 12.1 Å². The van der Waals surface area contributed by atoms with E-state index >= 15 is 0 Å². The fraction of sp³-hybridized carbons (Fsp3) is 0.583. The number of aliphatic hydroxyl groups is 1. The SMILES string of the molecule is NNc1ccnc(CN2CCCCC2CO)c1. The Morgan fingerprint density at radius 3 is 3.18 bits per heavy atom. The molecule has 4 N–H and O–H groups in total. The lowest BCUT2D eigenvalue weighted by Gasteiger charge is -2.34. The van der Waals surface area contributed by atoms with Crippen molar-refractivity contribution in [1.82, 2.24) is 9.88 Å².